The molecule has 0 fully saturated rings. The van der Waals surface area contributed by atoms with Crippen LogP contribution >= 0.6 is 11.6 Å². The van der Waals surface area contributed by atoms with Gasteiger partial charge in [0, 0.05) is 10.6 Å². The number of nitrogens with one attached hydrogen (secondary N) is 1. The lowest BCUT2D eigenvalue weighted by atomic mass is 10.2. The molecule has 102 valence electrons. The van der Waals surface area contributed by atoms with Crippen molar-refractivity contribution in [2.24, 2.45) is 0 Å². The maximum Gasteiger partial charge on any atom is 0.251 e. The molecule has 0 bridgehead atoms. The van der Waals surface area contributed by atoms with Crippen LogP contribution in [-0.2, 0) is 16.6 Å². The minimum absolute atomic E-state index is 0.127. The van der Waals surface area contributed by atoms with E-state index in [1.807, 2.05) is 0 Å². The number of rotatable bonds is 5. The van der Waals surface area contributed by atoms with Gasteiger partial charge in [-0.2, -0.15) is 0 Å². The van der Waals surface area contributed by atoms with Crippen molar-refractivity contribution in [2.75, 3.05) is 6.54 Å². The minimum Gasteiger partial charge on any atom is -0.392 e. The molecule has 2 N–H and O–H groups in total. The van der Waals surface area contributed by atoms with Gasteiger partial charge in [0.25, 0.3) is 6.43 Å². The normalized spacial score (nSPS) is 12.1. The maximum absolute atomic E-state index is 13.6. The molecular weight excluding hydrogens is 295 g/mol. The van der Waals surface area contributed by atoms with E-state index in [1.165, 1.54) is 4.72 Å². The molecule has 0 aliphatic heterocycles. The highest BCUT2D eigenvalue weighted by atomic mass is 35.5. The fourth-order valence-electron chi connectivity index (χ4n) is 1.18. The zero-order valence-electron chi connectivity index (χ0n) is 8.83. The van der Waals surface area contributed by atoms with Crippen molar-refractivity contribution in [3.05, 3.63) is 28.5 Å². The first-order valence-electron chi connectivity index (χ1n) is 4.64. The Morgan fingerprint density at radius 2 is 2.00 bits per heavy atom. The van der Waals surface area contributed by atoms with Gasteiger partial charge in [-0.3, -0.25) is 0 Å². The van der Waals surface area contributed by atoms with Crippen LogP contribution in [0.3, 0.4) is 0 Å². The summed E-state index contributed by atoms with van der Waals surface area (Å²) in [5.74, 6) is -1.22. The first-order chi connectivity index (χ1) is 8.27. The third kappa shape index (κ3) is 3.58. The fourth-order valence-corrected chi connectivity index (χ4v) is 2.63. The van der Waals surface area contributed by atoms with Gasteiger partial charge in [0.05, 0.1) is 13.2 Å². The van der Waals surface area contributed by atoms with E-state index in [2.05, 4.69) is 0 Å². The molecule has 0 unspecified atom stereocenters. The van der Waals surface area contributed by atoms with Crippen molar-refractivity contribution >= 4 is 21.6 Å². The van der Waals surface area contributed by atoms with Gasteiger partial charge in [0.2, 0.25) is 10.0 Å². The second kappa shape index (κ2) is 5.87. The van der Waals surface area contributed by atoms with E-state index in [0.717, 1.165) is 12.1 Å². The first-order valence-corrected chi connectivity index (χ1v) is 6.50. The Morgan fingerprint density at radius 1 is 1.39 bits per heavy atom. The summed E-state index contributed by atoms with van der Waals surface area (Å²) >= 11 is 5.55. The molecule has 18 heavy (non-hydrogen) atoms. The number of halogens is 4. The summed E-state index contributed by atoms with van der Waals surface area (Å²) in [5.41, 5.74) is -0.333. The highest BCUT2D eigenvalue weighted by Gasteiger charge is 2.23. The molecule has 0 saturated heterocycles. The molecule has 0 aromatic heterocycles. The predicted molar refractivity (Wildman–Crippen MR) is 58.5 cm³/mol. The van der Waals surface area contributed by atoms with Crippen LogP contribution in [-0.4, -0.2) is 26.5 Å². The first kappa shape index (κ1) is 15.2. The summed E-state index contributed by atoms with van der Waals surface area (Å²) in [4.78, 5) is -0.875. The lowest BCUT2D eigenvalue weighted by molar-refractivity contribution is 0.153. The van der Waals surface area contributed by atoms with Crippen molar-refractivity contribution in [1.82, 2.24) is 4.72 Å². The lowest BCUT2D eigenvalue weighted by Crippen LogP contribution is -2.29. The number of alkyl halides is 2. The fraction of sp³-hybridized carbons (Fsp3) is 0.333. The van der Waals surface area contributed by atoms with Crippen LogP contribution in [0.4, 0.5) is 13.2 Å². The number of benzene rings is 1. The van der Waals surface area contributed by atoms with Crippen LogP contribution in [0.1, 0.15) is 5.56 Å². The summed E-state index contributed by atoms with van der Waals surface area (Å²) in [6, 6.07) is 1.83. The number of hydrogen-bond donors (Lipinski definition) is 2. The van der Waals surface area contributed by atoms with Crippen molar-refractivity contribution in [3.63, 3.8) is 0 Å². The molecule has 1 aromatic carbocycles. The van der Waals surface area contributed by atoms with Crippen molar-refractivity contribution < 1.29 is 26.7 Å². The van der Waals surface area contributed by atoms with Crippen molar-refractivity contribution in [3.8, 4) is 0 Å². The van der Waals surface area contributed by atoms with E-state index in [-0.39, 0.29) is 10.6 Å². The lowest BCUT2D eigenvalue weighted by Gasteiger charge is -2.10. The largest absolute Gasteiger partial charge is 0.392 e. The summed E-state index contributed by atoms with van der Waals surface area (Å²) in [6.45, 7) is -1.90. The highest BCUT2D eigenvalue weighted by Crippen LogP contribution is 2.23. The van der Waals surface area contributed by atoms with Gasteiger partial charge >= 0.3 is 0 Å². The van der Waals surface area contributed by atoms with Gasteiger partial charge in [0.1, 0.15) is 10.7 Å². The van der Waals surface area contributed by atoms with Crippen molar-refractivity contribution in [2.45, 2.75) is 17.9 Å². The molecular formula is C9H9ClF3NO3S. The molecule has 0 aliphatic rings. The second-order valence-corrected chi connectivity index (χ2v) is 5.45. The average molecular weight is 304 g/mol. The summed E-state index contributed by atoms with van der Waals surface area (Å²) < 4.78 is 62.1. The van der Waals surface area contributed by atoms with Gasteiger partial charge in [-0.15, -0.1) is 0 Å². The van der Waals surface area contributed by atoms with Crippen LogP contribution in [0.15, 0.2) is 17.0 Å². The standard InChI is InChI=1S/C9H9ClF3NO3S/c10-6-1-5(4-15)9(13)7(2-6)18(16,17)14-3-8(11)12/h1-2,8,14-15H,3-4H2. The van der Waals surface area contributed by atoms with E-state index in [4.69, 9.17) is 16.7 Å². The van der Waals surface area contributed by atoms with Crippen LogP contribution in [0, 0.1) is 5.82 Å². The van der Waals surface area contributed by atoms with Gasteiger partial charge in [-0.05, 0) is 12.1 Å². The Hall–Kier alpha value is -0.830. The van der Waals surface area contributed by atoms with E-state index < -0.39 is 40.3 Å². The number of aliphatic hydroxyl groups excluding tert-OH is 1. The third-order valence-corrected chi connectivity index (χ3v) is 3.61. The molecule has 1 aromatic rings. The number of hydrogen-bond acceptors (Lipinski definition) is 3. The molecule has 0 saturated carbocycles. The Bertz CT molecular complexity index is 536. The smallest absolute Gasteiger partial charge is 0.251 e. The van der Waals surface area contributed by atoms with Crippen LogP contribution in [0.25, 0.3) is 0 Å². The Kier molecular flexibility index (Phi) is 4.97. The quantitative estimate of drug-likeness (QED) is 0.866. The molecule has 0 spiro atoms. The predicted octanol–water partition coefficient (Wildman–Crippen LogP) is 1.51. The summed E-state index contributed by atoms with van der Waals surface area (Å²) in [5, 5.41) is 8.69. The average Bonchev–Trinajstić information content (AvgIpc) is 2.29. The molecule has 9 heteroatoms. The number of sulfonamides is 1. The van der Waals surface area contributed by atoms with Crippen LogP contribution in [0.5, 0.6) is 0 Å². The van der Waals surface area contributed by atoms with Crippen molar-refractivity contribution in [1.29, 1.82) is 0 Å². The molecule has 0 aliphatic carbocycles. The zero-order chi connectivity index (χ0) is 13.9. The maximum atomic E-state index is 13.6. The molecule has 1 rings (SSSR count). The summed E-state index contributed by atoms with van der Waals surface area (Å²) in [6.07, 6.45) is -2.90. The molecule has 0 atom stereocenters. The Labute approximate surface area is 106 Å². The summed E-state index contributed by atoms with van der Waals surface area (Å²) in [7, 11) is -4.44. The minimum atomic E-state index is -4.44. The van der Waals surface area contributed by atoms with E-state index in [1.54, 1.807) is 0 Å². The topological polar surface area (TPSA) is 66.4 Å². The van der Waals surface area contributed by atoms with Crippen LogP contribution < -0.4 is 4.72 Å². The molecule has 0 amide bonds. The Morgan fingerprint density at radius 3 is 2.50 bits per heavy atom. The molecule has 4 nitrogen and oxygen atoms in total. The third-order valence-electron chi connectivity index (χ3n) is 1.97. The van der Waals surface area contributed by atoms with Gasteiger partial charge in [-0.25, -0.2) is 26.3 Å². The van der Waals surface area contributed by atoms with Crippen LogP contribution in [0.2, 0.25) is 5.02 Å². The molecule has 0 radical (unpaired) electrons. The van der Waals surface area contributed by atoms with Gasteiger partial charge in [-0.1, -0.05) is 11.6 Å². The van der Waals surface area contributed by atoms with Gasteiger partial charge < -0.3 is 5.11 Å². The SMILES string of the molecule is O=S(=O)(NCC(F)F)c1cc(Cl)cc(CO)c1F. The highest BCUT2D eigenvalue weighted by molar-refractivity contribution is 7.89. The monoisotopic (exact) mass is 303 g/mol. The molecule has 0 heterocycles. The van der Waals surface area contributed by atoms with E-state index in [0.29, 0.717) is 0 Å². The van der Waals surface area contributed by atoms with Gasteiger partial charge in [0.15, 0.2) is 0 Å². The number of aliphatic hydroxyl groups is 1. The second-order valence-electron chi connectivity index (χ2n) is 3.28. The zero-order valence-corrected chi connectivity index (χ0v) is 10.4. The van der Waals surface area contributed by atoms with E-state index in [9.17, 15) is 21.6 Å². The Balaban J connectivity index is 3.20. The van der Waals surface area contributed by atoms with E-state index >= 15 is 0 Å².